The van der Waals surface area contributed by atoms with Gasteiger partial charge in [-0.05, 0) is 128 Å². The quantitative estimate of drug-likeness (QED) is 0.0234. The number of esters is 4. The van der Waals surface area contributed by atoms with Crippen molar-refractivity contribution in [3.63, 3.8) is 0 Å². The van der Waals surface area contributed by atoms with E-state index in [1.165, 1.54) is 163 Å². The Balaban J connectivity index is 0.974. The summed E-state index contributed by atoms with van der Waals surface area (Å²) >= 11 is 0. The standard InChI is InChI=1S/C58H70O10/c1-3-5-7-9-11-13-15-17-19-21-42-63-49-32-26-45(27-33-49)55(59)65-51-36-30-47(31-37-51)57(61)68-54-25-23-24-48(44-54)58(62)67-53-40-38-52(39-41-53)66-56(60)46-28-34-50(35-29-46)64-43-22-20-18-16-14-12-10-8-6-4-2/h23-41,44H,3-22,42-43H2,1-2H3. The fourth-order valence-electron chi connectivity index (χ4n) is 7.52. The van der Waals surface area contributed by atoms with E-state index < -0.39 is 23.9 Å². The molecule has 0 unspecified atom stereocenters. The molecule has 0 N–H and O–H groups in total. The van der Waals surface area contributed by atoms with Crippen LogP contribution in [0.25, 0.3) is 0 Å². The van der Waals surface area contributed by atoms with Gasteiger partial charge in [0.15, 0.2) is 0 Å². The number of ether oxygens (including phenoxy) is 6. The predicted molar refractivity (Wildman–Crippen MR) is 267 cm³/mol. The Kier molecular flexibility index (Phi) is 23.8. The zero-order chi connectivity index (χ0) is 48.0. The van der Waals surface area contributed by atoms with Gasteiger partial charge in [-0.25, -0.2) is 19.2 Å². The molecule has 0 aromatic heterocycles. The molecule has 5 aromatic rings. The average Bonchev–Trinajstić information content (AvgIpc) is 3.36. The monoisotopic (exact) mass is 926 g/mol. The first kappa shape index (κ1) is 52.5. The van der Waals surface area contributed by atoms with Gasteiger partial charge in [0.05, 0.1) is 35.5 Å². The van der Waals surface area contributed by atoms with E-state index in [2.05, 4.69) is 13.8 Å². The summed E-state index contributed by atoms with van der Waals surface area (Å²) in [6, 6.07) is 31.8. The van der Waals surface area contributed by atoms with Gasteiger partial charge in [-0.15, -0.1) is 0 Å². The van der Waals surface area contributed by atoms with E-state index in [4.69, 9.17) is 28.4 Å². The molecular formula is C58H70O10. The minimum absolute atomic E-state index is 0.131. The van der Waals surface area contributed by atoms with Gasteiger partial charge in [0.25, 0.3) is 0 Å². The Morgan fingerprint density at radius 1 is 0.294 bits per heavy atom. The summed E-state index contributed by atoms with van der Waals surface area (Å²) in [6.07, 6.45) is 25.3. The molecule has 0 spiro atoms. The second-order valence-electron chi connectivity index (χ2n) is 17.2. The molecule has 0 aliphatic rings. The molecule has 0 atom stereocenters. The summed E-state index contributed by atoms with van der Waals surface area (Å²) < 4.78 is 33.8. The molecule has 0 saturated carbocycles. The van der Waals surface area contributed by atoms with E-state index in [1.807, 2.05) is 0 Å². The third-order valence-corrected chi connectivity index (χ3v) is 11.5. The Morgan fingerprint density at radius 3 is 0.926 bits per heavy atom. The van der Waals surface area contributed by atoms with Gasteiger partial charge >= 0.3 is 23.9 Å². The molecule has 10 nitrogen and oxygen atoms in total. The first-order chi connectivity index (χ1) is 33.3. The second-order valence-corrected chi connectivity index (χ2v) is 17.2. The minimum Gasteiger partial charge on any atom is -0.494 e. The van der Waals surface area contributed by atoms with Crippen LogP contribution in [0.2, 0.25) is 0 Å². The van der Waals surface area contributed by atoms with E-state index in [9.17, 15) is 19.2 Å². The number of hydrogen-bond donors (Lipinski definition) is 0. The molecule has 0 saturated heterocycles. The smallest absolute Gasteiger partial charge is 0.343 e. The number of benzene rings is 5. The maximum Gasteiger partial charge on any atom is 0.343 e. The van der Waals surface area contributed by atoms with Crippen LogP contribution in [0.5, 0.6) is 34.5 Å². The van der Waals surface area contributed by atoms with Crippen LogP contribution in [-0.2, 0) is 0 Å². The number of carbonyl (C=O) groups is 4. The first-order valence-electron chi connectivity index (χ1n) is 25.0. The van der Waals surface area contributed by atoms with Gasteiger partial charge in [-0.3, -0.25) is 0 Å². The van der Waals surface area contributed by atoms with Crippen molar-refractivity contribution in [2.75, 3.05) is 13.2 Å². The summed E-state index contributed by atoms with van der Waals surface area (Å²) in [5, 5.41) is 0. The molecule has 0 heterocycles. The highest BCUT2D eigenvalue weighted by Crippen LogP contribution is 2.24. The predicted octanol–water partition coefficient (Wildman–Crippen LogP) is 15.2. The lowest BCUT2D eigenvalue weighted by Crippen LogP contribution is -2.12. The SMILES string of the molecule is CCCCCCCCCCCCOc1ccc(C(=O)Oc2ccc(OC(=O)c3cccc(OC(=O)c4ccc(OC(=O)c5ccc(OCCCCCCCCCCCC)cc5)cc4)c3)cc2)cc1. The molecule has 0 amide bonds. The van der Waals surface area contributed by atoms with Crippen LogP contribution in [0.4, 0.5) is 0 Å². The van der Waals surface area contributed by atoms with E-state index in [0.717, 1.165) is 25.7 Å². The van der Waals surface area contributed by atoms with Crippen molar-refractivity contribution in [3.8, 4) is 34.5 Å². The van der Waals surface area contributed by atoms with Gasteiger partial charge in [0, 0.05) is 0 Å². The van der Waals surface area contributed by atoms with E-state index in [0.29, 0.717) is 35.8 Å². The average molecular weight is 927 g/mol. The lowest BCUT2D eigenvalue weighted by Gasteiger charge is -2.09. The largest absolute Gasteiger partial charge is 0.494 e. The number of unbranched alkanes of at least 4 members (excludes halogenated alkanes) is 18. The lowest BCUT2D eigenvalue weighted by atomic mass is 10.1. The highest BCUT2D eigenvalue weighted by molar-refractivity contribution is 5.94. The van der Waals surface area contributed by atoms with Crippen LogP contribution < -0.4 is 28.4 Å². The van der Waals surface area contributed by atoms with Gasteiger partial charge < -0.3 is 28.4 Å². The van der Waals surface area contributed by atoms with Crippen LogP contribution in [0, 0.1) is 0 Å². The molecule has 0 aliphatic carbocycles. The van der Waals surface area contributed by atoms with Crippen molar-refractivity contribution >= 4 is 23.9 Å². The molecule has 0 radical (unpaired) electrons. The zero-order valence-electron chi connectivity index (χ0n) is 40.2. The molecule has 68 heavy (non-hydrogen) atoms. The zero-order valence-corrected chi connectivity index (χ0v) is 40.2. The topological polar surface area (TPSA) is 124 Å². The molecule has 10 heteroatoms. The Labute approximate surface area is 403 Å². The summed E-state index contributed by atoms with van der Waals surface area (Å²) in [4.78, 5) is 51.6. The minimum atomic E-state index is -0.680. The third kappa shape index (κ3) is 19.8. The van der Waals surface area contributed by atoms with Crippen molar-refractivity contribution in [3.05, 3.63) is 144 Å². The van der Waals surface area contributed by atoms with Crippen molar-refractivity contribution in [2.24, 2.45) is 0 Å². The maximum absolute atomic E-state index is 13.0. The van der Waals surface area contributed by atoms with E-state index >= 15 is 0 Å². The van der Waals surface area contributed by atoms with Gasteiger partial charge in [-0.2, -0.15) is 0 Å². The van der Waals surface area contributed by atoms with Crippen LogP contribution >= 0.6 is 0 Å². The van der Waals surface area contributed by atoms with Crippen LogP contribution in [0.15, 0.2) is 121 Å². The van der Waals surface area contributed by atoms with Crippen molar-refractivity contribution in [2.45, 2.75) is 142 Å². The van der Waals surface area contributed by atoms with Gasteiger partial charge in [0.1, 0.15) is 34.5 Å². The fraction of sp³-hybridized carbons (Fsp3) is 0.414. The Morgan fingerprint density at radius 2 is 0.574 bits per heavy atom. The summed E-state index contributed by atoms with van der Waals surface area (Å²) in [7, 11) is 0. The van der Waals surface area contributed by atoms with Gasteiger partial charge in [0.2, 0.25) is 0 Å². The van der Waals surface area contributed by atoms with E-state index in [-0.39, 0.29) is 34.1 Å². The molecular weight excluding hydrogens is 857 g/mol. The highest BCUT2D eigenvalue weighted by atomic mass is 16.6. The van der Waals surface area contributed by atoms with Crippen molar-refractivity contribution in [1.82, 2.24) is 0 Å². The molecule has 0 aliphatic heterocycles. The second kappa shape index (κ2) is 30.8. The van der Waals surface area contributed by atoms with Crippen LogP contribution in [0.3, 0.4) is 0 Å². The highest BCUT2D eigenvalue weighted by Gasteiger charge is 2.16. The third-order valence-electron chi connectivity index (χ3n) is 11.5. The Hall–Kier alpha value is -6.42. The summed E-state index contributed by atoms with van der Waals surface area (Å²) in [5.74, 6) is -0.118. The van der Waals surface area contributed by atoms with E-state index in [1.54, 1.807) is 60.7 Å². The van der Waals surface area contributed by atoms with Crippen molar-refractivity contribution in [1.29, 1.82) is 0 Å². The first-order valence-corrected chi connectivity index (χ1v) is 25.0. The molecule has 5 aromatic carbocycles. The van der Waals surface area contributed by atoms with Crippen LogP contribution in [-0.4, -0.2) is 37.1 Å². The van der Waals surface area contributed by atoms with Crippen LogP contribution in [0.1, 0.15) is 184 Å². The van der Waals surface area contributed by atoms with Crippen molar-refractivity contribution < 1.29 is 47.6 Å². The Bertz CT molecular complexity index is 2230. The number of hydrogen-bond acceptors (Lipinski definition) is 10. The lowest BCUT2D eigenvalue weighted by molar-refractivity contribution is 0.0713. The maximum atomic E-state index is 13.0. The number of rotatable bonds is 32. The molecule has 362 valence electrons. The fourth-order valence-corrected chi connectivity index (χ4v) is 7.52. The summed E-state index contributed by atoms with van der Waals surface area (Å²) in [5.41, 5.74) is 1.11. The van der Waals surface area contributed by atoms with Gasteiger partial charge in [-0.1, -0.05) is 135 Å². The number of carbonyl (C=O) groups excluding carboxylic acids is 4. The summed E-state index contributed by atoms with van der Waals surface area (Å²) in [6.45, 7) is 5.76. The molecule has 0 fully saturated rings. The molecule has 5 rings (SSSR count). The molecule has 0 bridgehead atoms. The normalized spacial score (nSPS) is 10.9.